The molecule has 0 N–H and O–H groups in total. The molecule has 0 aliphatic carbocycles. The van der Waals surface area contributed by atoms with Gasteiger partial charge in [-0.25, -0.2) is 36.0 Å². The van der Waals surface area contributed by atoms with Crippen LogP contribution in [0.3, 0.4) is 0 Å². The van der Waals surface area contributed by atoms with Crippen molar-refractivity contribution in [1.82, 2.24) is 14.8 Å². The summed E-state index contributed by atoms with van der Waals surface area (Å²) in [6, 6.07) is 8.19. The molecule has 0 radical (unpaired) electrons. The van der Waals surface area contributed by atoms with Crippen molar-refractivity contribution in [3.05, 3.63) is 71.3 Å². The van der Waals surface area contributed by atoms with Crippen molar-refractivity contribution in [2.75, 3.05) is 20.8 Å². The summed E-state index contributed by atoms with van der Waals surface area (Å²) in [6.07, 6.45) is 0.797. The van der Waals surface area contributed by atoms with E-state index in [0.29, 0.717) is 6.61 Å². The fraction of sp³-hybridized carbons (Fsp3) is 0.321. The third-order valence-electron chi connectivity index (χ3n) is 6.47. The van der Waals surface area contributed by atoms with E-state index in [1.165, 1.54) is 49.2 Å². The van der Waals surface area contributed by atoms with Crippen LogP contribution in [-0.4, -0.2) is 58.1 Å². The number of fused-ring (bicyclic) bond motifs is 1. The van der Waals surface area contributed by atoms with Gasteiger partial charge in [-0.1, -0.05) is 43.9 Å². The van der Waals surface area contributed by atoms with E-state index < -0.39 is 52.0 Å². The predicted molar refractivity (Wildman–Crippen MR) is 152 cm³/mol. The quantitative estimate of drug-likeness (QED) is 0.121. The fourth-order valence-corrected chi connectivity index (χ4v) is 6.52. The number of ether oxygens (including phenoxy) is 3. The highest BCUT2D eigenvalue weighted by Gasteiger charge is 2.27. The van der Waals surface area contributed by atoms with Gasteiger partial charge < -0.3 is 14.2 Å². The minimum absolute atomic E-state index is 0.103. The molecule has 2 heterocycles. The number of methoxy groups -OCH3 is 2. The van der Waals surface area contributed by atoms with Crippen LogP contribution in [0, 0.1) is 17.5 Å². The first kappa shape index (κ1) is 31.2. The first-order chi connectivity index (χ1) is 19.8. The lowest BCUT2D eigenvalue weighted by molar-refractivity contribution is 0.0585. The lowest BCUT2D eigenvalue weighted by atomic mass is 10.00. The van der Waals surface area contributed by atoms with E-state index in [1.54, 1.807) is 0 Å². The number of carbonyl (C=O) groups is 1. The topological polar surface area (TPSA) is 110 Å². The van der Waals surface area contributed by atoms with Crippen LogP contribution in [0.4, 0.5) is 13.2 Å². The van der Waals surface area contributed by atoms with Gasteiger partial charge in [0.05, 0.1) is 26.2 Å². The monoisotopic (exact) mass is 621 g/mol. The van der Waals surface area contributed by atoms with Crippen molar-refractivity contribution in [2.45, 2.75) is 43.1 Å². The molecule has 0 aliphatic heterocycles. The van der Waals surface area contributed by atoms with E-state index in [0.717, 1.165) is 18.3 Å². The van der Waals surface area contributed by atoms with Gasteiger partial charge in [-0.15, -0.1) is 0 Å². The summed E-state index contributed by atoms with van der Waals surface area (Å²) >= 11 is 0. The molecular formula is C28H30F3N3O6SSi. The molecule has 0 aliphatic rings. The summed E-state index contributed by atoms with van der Waals surface area (Å²) in [5.41, 5.74) is -0.933. The number of nitrogens with zero attached hydrogens (tertiary/aromatic N) is 3. The van der Waals surface area contributed by atoms with Gasteiger partial charge >= 0.3 is 5.97 Å². The van der Waals surface area contributed by atoms with Crippen LogP contribution in [-0.2, 0) is 31.8 Å². The second kappa shape index (κ2) is 12.2. The first-order valence-corrected chi connectivity index (χ1v) is 18.2. The highest BCUT2D eigenvalue weighted by molar-refractivity contribution is 7.90. The van der Waals surface area contributed by atoms with Gasteiger partial charge in [-0.05, 0) is 18.2 Å². The molecule has 0 saturated carbocycles. The molecule has 0 bridgehead atoms. The smallest absolute Gasteiger partial charge is 0.359 e. The third kappa shape index (κ3) is 6.50. The summed E-state index contributed by atoms with van der Waals surface area (Å²) in [6.45, 7) is 6.78. The minimum Gasteiger partial charge on any atom is -0.480 e. The number of sulfone groups is 1. The Bertz CT molecular complexity index is 1760. The number of carbonyl (C=O) groups excluding carboxylic acids is 1. The molecular weight excluding hydrogens is 591 g/mol. The van der Waals surface area contributed by atoms with Crippen molar-refractivity contribution in [1.29, 1.82) is 0 Å². The van der Waals surface area contributed by atoms with E-state index in [4.69, 9.17) is 14.2 Å². The Hall–Kier alpha value is -3.75. The molecule has 0 saturated heterocycles. The highest BCUT2D eigenvalue weighted by atomic mass is 32.2. The van der Waals surface area contributed by atoms with Crippen LogP contribution < -0.4 is 4.74 Å². The SMILES string of the molecule is COC(=O)c1nn(COCC[Si](C)(C)C)c2c(F)c(-c3cccc(CS(=O)(=O)c4cc(F)cnc4OC)c3F)ccc12. The van der Waals surface area contributed by atoms with Gasteiger partial charge in [0.15, 0.2) is 21.3 Å². The number of halogens is 3. The van der Waals surface area contributed by atoms with Crippen LogP contribution in [0.5, 0.6) is 5.88 Å². The van der Waals surface area contributed by atoms with Crippen molar-refractivity contribution in [3.63, 3.8) is 0 Å². The molecule has 4 rings (SSSR count). The number of esters is 1. The Morgan fingerprint density at radius 3 is 2.40 bits per heavy atom. The normalized spacial score (nSPS) is 12.1. The molecule has 2 aromatic heterocycles. The number of hydrogen-bond acceptors (Lipinski definition) is 8. The molecule has 0 unspecified atom stereocenters. The molecule has 9 nitrogen and oxygen atoms in total. The van der Waals surface area contributed by atoms with Gasteiger partial charge in [0.25, 0.3) is 0 Å². The summed E-state index contributed by atoms with van der Waals surface area (Å²) in [5.74, 6) is -4.79. The Kier molecular flexibility index (Phi) is 9.08. The zero-order valence-corrected chi connectivity index (χ0v) is 25.5. The van der Waals surface area contributed by atoms with E-state index in [9.17, 15) is 17.6 Å². The van der Waals surface area contributed by atoms with Gasteiger partial charge in [0.1, 0.15) is 28.8 Å². The van der Waals surface area contributed by atoms with E-state index in [1.807, 2.05) is 0 Å². The van der Waals surface area contributed by atoms with E-state index in [-0.39, 0.29) is 45.9 Å². The van der Waals surface area contributed by atoms with Crippen molar-refractivity contribution in [3.8, 4) is 17.0 Å². The van der Waals surface area contributed by atoms with Crippen molar-refractivity contribution in [2.24, 2.45) is 0 Å². The molecule has 224 valence electrons. The number of pyridine rings is 1. The largest absolute Gasteiger partial charge is 0.480 e. The minimum atomic E-state index is -4.32. The van der Waals surface area contributed by atoms with Crippen LogP contribution in [0.15, 0.2) is 47.5 Å². The molecule has 0 amide bonds. The van der Waals surface area contributed by atoms with Gasteiger partial charge in [-0.2, -0.15) is 5.10 Å². The maximum Gasteiger partial charge on any atom is 0.359 e. The standard InChI is InChI=1S/C28H30F3N3O6SSi/c1-38-27-22(13-18(29)14-32-27)41(36,37)15-17-7-6-8-19(23(17)30)20-9-10-21-25(28(35)39-2)33-34(26(21)24(20)31)16-40-11-12-42(3,4)5/h6-10,13-14H,11-12,15-16H2,1-5H3. The maximum atomic E-state index is 16.1. The Balaban J connectivity index is 1.76. The molecule has 4 aromatic rings. The second-order valence-corrected chi connectivity index (χ2v) is 18.3. The number of hydrogen-bond donors (Lipinski definition) is 0. The highest BCUT2D eigenvalue weighted by Crippen LogP contribution is 2.35. The molecule has 0 atom stereocenters. The van der Waals surface area contributed by atoms with Crippen LogP contribution in [0.2, 0.25) is 25.7 Å². The first-order valence-electron chi connectivity index (χ1n) is 12.8. The molecule has 0 spiro atoms. The maximum absolute atomic E-state index is 16.1. The van der Waals surface area contributed by atoms with E-state index in [2.05, 4.69) is 29.7 Å². The van der Waals surface area contributed by atoms with Gasteiger partial charge in [-0.3, -0.25) is 0 Å². The lowest BCUT2D eigenvalue weighted by Crippen LogP contribution is -2.22. The third-order valence-corrected chi connectivity index (χ3v) is 9.82. The summed E-state index contributed by atoms with van der Waals surface area (Å²) < 4.78 is 88.6. The second-order valence-electron chi connectivity index (χ2n) is 10.7. The van der Waals surface area contributed by atoms with Crippen molar-refractivity contribution < 1.29 is 40.6 Å². The van der Waals surface area contributed by atoms with E-state index >= 15 is 8.78 Å². The van der Waals surface area contributed by atoms with Crippen LogP contribution >= 0.6 is 0 Å². The number of aromatic nitrogens is 3. The molecule has 2 aromatic carbocycles. The van der Waals surface area contributed by atoms with Crippen LogP contribution in [0.1, 0.15) is 16.1 Å². The molecule has 0 fully saturated rings. The molecule has 14 heteroatoms. The number of benzene rings is 2. The zero-order chi connectivity index (χ0) is 30.8. The lowest BCUT2D eigenvalue weighted by Gasteiger charge is -2.15. The predicted octanol–water partition coefficient (Wildman–Crippen LogP) is 5.60. The molecule has 42 heavy (non-hydrogen) atoms. The summed E-state index contributed by atoms with van der Waals surface area (Å²) in [5, 5.41) is 4.34. The fourth-order valence-electron chi connectivity index (χ4n) is 4.28. The van der Waals surface area contributed by atoms with Gasteiger partial charge in [0, 0.05) is 36.8 Å². The Labute approximate surface area is 242 Å². The van der Waals surface area contributed by atoms with Gasteiger partial charge in [0.2, 0.25) is 5.88 Å². The zero-order valence-electron chi connectivity index (χ0n) is 23.7. The van der Waals surface area contributed by atoms with Crippen LogP contribution in [0.25, 0.3) is 22.0 Å². The Morgan fingerprint density at radius 2 is 1.74 bits per heavy atom. The summed E-state index contributed by atoms with van der Waals surface area (Å²) in [7, 11) is -3.38. The number of rotatable bonds is 11. The average molecular weight is 622 g/mol. The summed E-state index contributed by atoms with van der Waals surface area (Å²) in [4.78, 5) is 15.5. The Morgan fingerprint density at radius 1 is 1.02 bits per heavy atom. The average Bonchev–Trinajstić information content (AvgIpc) is 3.31. The van der Waals surface area contributed by atoms with Crippen molar-refractivity contribution >= 4 is 34.8 Å².